The van der Waals surface area contributed by atoms with Crippen LogP contribution < -0.4 is 21.3 Å². The van der Waals surface area contributed by atoms with Crippen LogP contribution in [0.25, 0.3) is 0 Å². The van der Waals surface area contributed by atoms with Crippen LogP contribution in [0.1, 0.15) is 77.7 Å². The highest BCUT2D eigenvalue weighted by atomic mass is 32.2. The number of carbonyl (C=O) groups is 5. The minimum atomic E-state index is -3.55. The summed E-state index contributed by atoms with van der Waals surface area (Å²) in [6.07, 6.45) is -2.55. The van der Waals surface area contributed by atoms with E-state index in [9.17, 15) is 41.2 Å². The molecule has 17 heteroatoms. The first-order valence-corrected chi connectivity index (χ1v) is 19.5. The van der Waals surface area contributed by atoms with Crippen LogP contribution in [0, 0.1) is 28.1 Å². The Morgan fingerprint density at radius 2 is 1.57 bits per heavy atom. The summed E-state index contributed by atoms with van der Waals surface area (Å²) in [5.74, 6) is -3.62. The standard InChI is InChI=1S/C36H56F2N6O8S/c1-34(2,3)24(19-43(9)53(10,51)52)41-33(50)42-28(35(4,5)6)31(47)44-18-22-26(36(22,7)8)27(44)30(46)40-23(17-25(37)38)29(45)39-16-15-20-11-13-21(14-12-20)32(48)49/h11-14,22-28H,15-19H2,1-10H3,(H,39,45)(H,40,46)(H,48,49)(H2,41,42,50)/t22?,23-,24+,26?,27?,28+/m0/s1. The van der Waals surface area contributed by atoms with E-state index in [-0.39, 0.29) is 48.9 Å². The van der Waals surface area contributed by atoms with Crippen molar-refractivity contribution in [3.05, 3.63) is 35.4 Å². The fourth-order valence-electron chi connectivity index (χ4n) is 6.82. The molecule has 0 spiro atoms. The highest BCUT2D eigenvalue weighted by Crippen LogP contribution is 2.65. The van der Waals surface area contributed by atoms with Gasteiger partial charge in [-0.15, -0.1) is 0 Å². The number of carboxylic acids is 1. The van der Waals surface area contributed by atoms with Crippen molar-refractivity contribution >= 4 is 39.7 Å². The maximum atomic E-state index is 14.3. The Hall–Kier alpha value is -3.86. The van der Waals surface area contributed by atoms with E-state index in [2.05, 4.69) is 21.3 Å². The van der Waals surface area contributed by atoms with Gasteiger partial charge in [-0.25, -0.2) is 31.1 Å². The van der Waals surface area contributed by atoms with Crippen molar-refractivity contribution < 1.29 is 46.3 Å². The number of urea groups is 1. The predicted molar refractivity (Wildman–Crippen MR) is 195 cm³/mol. The Morgan fingerprint density at radius 3 is 2.06 bits per heavy atom. The molecular formula is C36H56F2N6O8S. The lowest BCUT2D eigenvalue weighted by atomic mass is 9.85. The molecule has 1 aliphatic carbocycles. The first kappa shape index (κ1) is 43.5. The van der Waals surface area contributed by atoms with Gasteiger partial charge < -0.3 is 31.3 Å². The molecule has 1 aromatic carbocycles. The molecule has 14 nitrogen and oxygen atoms in total. The maximum absolute atomic E-state index is 14.3. The van der Waals surface area contributed by atoms with Crippen molar-refractivity contribution in [1.82, 2.24) is 30.5 Å². The molecule has 2 fully saturated rings. The van der Waals surface area contributed by atoms with Crippen molar-refractivity contribution in [2.75, 3.05) is 32.9 Å². The summed E-state index contributed by atoms with van der Waals surface area (Å²) < 4.78 is 52.8. The van der Waals surface area contributed by atoms with E-state index in [1.807, 2.05) is 34.6 Å². The number of carbonyl (C=O) groups excluding carboxylic acids is 4. The van der Waals surface area contributed by atoms with Crippen LogP contribution in [-0.2, 0) is 30.8 Å². The number of benzene rings is 1. The van der Waals surface area contributed by atoms with Gasteiger partial charge in [0.15, 0.2) is 0 Å². The fourth-order valence-corrected chi connectivity index (χ4v) is 7.24. The van der Waals surface area contributed by atoms with E-state index >= 15 is 0 Å². The zero-order chi connectivity index (χ0) is 40.4. The lowest BCUT2D eigenvalue weighted by Crippen LogP contribution is -2.62. The van der Waals surface area contributed by atoms with Gasteiger partial charge in [0.2, 0.25) is 34.2 Å². The van der Waals surface area contributed by atoms with Crippen LogP contribution in [0.3, 0.4) is 0 Å². The van der Waals surface area contributed by atoms with E-state index in [0.29, 0.717) is 5.56 Å². The molecule has 0 bridgehead atoms. The number of rotatable bonds is 15. The highest BCUT2D eigenvalue weighted by molar-refractivity contribution is 7.88. The number of likely N-dealkylation sites (tertiary alicyclic amines) is 1. The minimum absolute atomic E-state index is 0.0239. The summed E-state index contributed by atoms with van der Waals surface area (Å²) in [7, 11) is -2.15. The zero-order valence-corrected chi connectivity index (χ0v) is 33.1. The highest BCUT2D eigenvalue weighted by Gasteiger charge is 2.70. The van der Waals surface area contributed by atoms with Crippen LogP contribution in [0.2, 0.25) is 0 Å². The number of hydrogen-bond acceptors (Lipinski definition) is 7. The van der Waals surface area contributed by atoms with E-state index in [0.717, 1.165) is 10.6 Å². The monoisotopic (exact) mass is 770 g/mol. The van der Waals surface area contributed by atoms with Crippen LogP contribution in [0.5, 0.6) is 0 Å². The molecule has 2 aliphatic rings. The average molecular weight is 771 g/mol. The van der Waals surface area contributed by atoms with Gasteiger partial charge in [-0.05, 0) is 52.2 Å². The predicted octanol–water partition coefficient (Wildman–Crippen LogP) is 2.69. The second-order valence-corrected chi connectivity index (χ2v) is 19.1. The van der Waals surface area contributed by atoms with Crippen LogP contribution in [-0.4, -0.2) is 116 Å². The van der Waals surface area contributed by atoms with Crippen LogP contribution >= 0.6 is 0 Å². The van der Waals surface area contributed by atoms with Crippen molar-refractivity contribution in [2.45, 2.75) is 98.8 Å². The molecule has 5 N–H and O–H groups in total. The molecule has 1 aliphatic heterocycles. The van der Waals surface area contributed by atoms with Gasteiger partial charge in [0.25, 0.3) is 0 Å². The van der Waals surface area contributed by atoms with Crippen LogP contribution in [0.15, 0.2) is 24.3 Å². The molecule has 5 amide bonds. The second kappa shape index (κ2) is 16.2. The summed E-state index contributed by atoms with van der Waals surface area (Å²) in [5.41, 5.74) is -0.974. The number of hydrogen-bond donors (Lipinski definition) is 5. The molecule has 1 heterocycles. The quantitative estimate of drug-likeness (QED) is 0.180. The summed E-state index contributed by atoms with van der Waals surface area (Å²) in [6, 6.07) is 0.794. The Labute approximate surface area is 311 Å². The van der Waals surface area contributed by atoms with Crippen molar-refractivity contribution in [3.8, 4) is 0 Å². The molecule has 0 aromatic heterocycles. The number of amides is 5. The van der Waals surface area contributed by atoms with Crippen molar-refractivity contribution in [3.63, 3.8) is 0 Å². The first-order chi connectivity index (χ1) is 24.2. The van der Waals surface area contributed by atoms with Gasteiger partial charge in [0, 0.05) is 39.1 Å². The number of likely N-dealkylation sites (N-methyl/N-ethyl adjacent to an activating group) is 1. The number of nitrogens with zero attached hydrogens (tertiary/aromatic N) is 2. The average Bonchev–Trinajstić information content (AvgIpc) is 3.32. The number of piperidine rings is 1. The largest absolute Gasteiger partial charge is 0.478 e. The summed E-state index contributed by atoms with van der Waals surface area (Å²) in [6.45, 7) is 14.8. The van der Waals surface area contributed by atoms with Gasteiger partial charge in [-0.2, -0.15) is 0 Å². The van der Waals surface area contributed by atoms with Crippen molar-refractivity contribution in [2.24, 2.45) is 28.1 Å². The van der Waals surface area contributed by atoms with Gasteiger partial charge in [0.1, 0.15) is 18.1 Å². The summed E-state index contributed by atoms with van der Waals surface area (Å²) >= 11 is 0. The van der Waals surface area contributed by atoms with E-state index < -0.39 is 87.6 Å². The third-order valence-corrected chi connectivity index (χ3v) is 11.7. The molecule has 1 saturated heterocycles. The van der Waals surface area contributed by atoms with Gasteiger partial charge in [-0.3, -0.25) is 14.4 Å². The lowest BCUT2D eigenvalue weighted by Gasteiger charge is -2.39. The third kappa shape index (κ3) is 11.1. The fraction of sp³-hybridized carbons (Fsp3) is 0.694. The minimum Gasteiger partial charge on any atom is -0.478 e. The number of sulfonamides is 1. The summed E-state index contributed by atoms with van der Waals surface area (Å²) in [4.78, 5) is 67.4. The Balaban J connectivity index is 1.78. The molecular weight excluding hydrogens is 714 g/mol. The van der Waals surface area contributed by atoms with Gasteiger partial charge in [-0.1, -0.05) is 67.5 Å². The SMILES string of the molecule is CN(C[C@@H](NC(=O)N[C@H](C(=O)N1CC2C(C1C(=O)N[C@@H](CC(F)F)C(=O)NCCc1ccc(C(=O)O)cc1)C2(C)C)C(C)(C)C)C(C)(C)C)S(C)(=O)=O. The molecule has 53 heavy (non-hydrogen) atoms. The summed E-state index contributed by atoms with van der Waals surface area (Å²) in [5, 5.41) is 19.7. The van der Waals surface area contributed by atoms with Gasteiger partial charge in [0.05, 0.1) is 11.8 Å². The smallest absolute Gasteiger partial charge is 0.335 e. The molecule has 0 radical (unpaired) electrons. The Kier molecular flexibility index (Phi) is 13.3. The van der Waals surface area contributed by atoms with E-state index in [1.165, 1.54) is 24.1 Å². The molecule has 1 saturated carbocycles. The normalized spacial score (nSPS) is 21.3. The van der Waals surface area contributed by atoms with Crippen molar-refractivity contribution in [1.29, 1.82) is 0 Å². The van der Waals surface area contributed by atoms with Crippen LogP contribution in [0.4, 0.5) is 13.6 Å². The molecule has 3 unspecified atom stereocenters. The number of fused-ring (bicyclic) bond motifs is 1. The third-order valence-electron chi connectivity index (χ3n) is 10.5. The number of halogens is 2. The lowest BCUT2D eigenvalue weighted by molar-refractivity contribution is -0.144. The number of nitrogens with one attached hydrogen (secondary N) is 4. The Bertz CT molecular complexity index is 1640. The number of alkyl halides is 2. The number of carboxylic acid groups (broad SMARTS) is 1. The van der Waals surface area contributed by atoms with E-state index in [4.69, 9.17) is 5.11 Å². The molecule has 3 rings (SSSR count). The zero-order valence-electron chi connectivity index (χ0n) is 32.2. The molecule has 298 valence electrons. The molecule has 1 aromatic rings. The number of aromatic carboxylic acids is 1. The topological polar surface area (TPSA) is 194 Å². The molecule has 6 atom stereocenters. The van der Waals surface area contributed by atoms with E-state index in [1.54, 1.807) is 32.9 Å². The maximum Gasteiger partial charge on any atom is 0.335 e. The Morgan fingerprint density at radius 1 is 0.981 bits per heavy atom. The first-order valence-electron chi connectivity index (χ1n) is 17.6. The second-order valence-electron chi connectivity index (χ2n) is 17.0. The van der Waals surface area contributed by atoms with Gasteiger partial charge >= 0.3 is 12.0 Å².